The minimum Gasteiger partial charge on any atom is -0.384 e. The van der Waals surface area contributed by atoms with Crippen molar-refractivity contribution in [2.75, 3.05) is 17.2 Å². The number of thioether (sulfide) groups is 1. The number of nitrogens with two attached hydrogens (primary N) is 1. The zero-order chi connectivity index (χ0) is 10.6. The Kier molecular flexibility index (Phi) is 4.32. The van der Waals surface area contributed by atoms with Gasteiger partial charge in [-0.3, -0.25) is 0 Å². The highest BCUT2D eigenvalue weighted by Crippen LogP contribution is 2.16. The monoisotopic (exact) mass is 213 g/mol. The van der Waals surface area contributed by atoms with Gasteiger partial charge in [-0.15, -0.1) is 0 Å². The molecule has 0 aliphatic heterocycles. The van der Waals surface area contributed by atoms with E-state index < -0.39 is 0 Å². The second-order valence-electron chi connectivity index (χ2n) is 3.18. The molecule has 0 radical (unpaired) electrons. The fraction of sp³-hybridized carbons (Fsp3) is 0.700. The van der Waals surface area contributed by atoms with E-state index in [0.29, 0.717) is 0 Å². The molecule has 0 saturated heterocycles. The van der Waals surface area contributed by atoms with Gasteiger partial charge in [0.25, 0.3) is 0 Å². The number of nitrogen functional groups attached to an aromatic ring is 1. The van der Waals surface area contributed by atoms with Gasteiger partial charge < -0.3 is 10.3 Å². The van der Waals surface area contributed by atoms with Crippen LogP contribution in [0.5, 0.6) is 0 Å². The zero-order valence-corrected chi connectivity index (χ0v) is 10.0. The molecule has 80 valence electrons. The maximum Gasteiger partial charge on any atom is 0.126 e. The lowest BCUT2D eigenvalue weighted by molar-refractivity contribution is 0.739. The van der Waals surface area contributed by atoms with Crippen LogP contribution in [0, 0.1) is 6.92 Å². The molecule has 2 N–H and O–H groups in total. The zero-order valence-electron chi connectivity index (χ0n) is 9.21. The van der Waals surface area contributed by atoms with Crippen molar-refractivity contribution in [1.82, 2.24) is 9.55 Å². The minimum absolute atomic E-state index is 0.849. The summed E-state index contributed by atoms with van der Waals surface area (Å²) >= 11 is 1.93. The van der Waals surface area contributed by atoms with Crippen LogP contribution in [0.25, 0.3) is 0 Å². The Hall–Kier alpha value is -0.640. The predicted molar refractivity (Wildman–Crippen MR) is 63.8 cm³/mol. The van der Waals surface area contributed by atoms with Crippen molar-refractivity contribution in [2.45, 2.75) is 33.7 Å². The summed E-state index contributed by atoms with van der Waals surface area (Å²) in [5, 5.41) is 0. The standard InChI is InChI=1S/C10H19N3S/c1-4-13-8(3)12-9(10(13)11)6-7-14-5-2/h4-7,11H2,1-3H3. The molecular weight excluding hydrogens is 194 g/mol. The fourth-order valence-electron chi connectivity index (χ4n) is 1.54. The summed E-state index contributed by atoms with van der Waals surface area (Å²) in [6.07, 6.45) is 0.984. The largest absolute Gasteiger partial charge is 0.384 e. The van der Waals surface area contributed by atoms with Crippen LogP contribution in [0.2, 0.25) is 0 Å². The highest BCUT2D eigenvalue weighted by atomic mass is 32.2. The third-order valence-electron chi connectivity index (χ3n) is 2.28. The summed E-state index contributed by atoms with van der Waals surface area (Å²) in [5.74, 6) is 4.15. The first-order valence-corrected chi connectivity index (χ1v) is 6.25. The summed E-state index contributed by atoms with van der Waals surface area (Å²) in [4.78, 5) is 4.48. The molecule has 0 spiro atoms. The Bertz CT molecular complexity index is 294. The van der Waals surface area contributed by atoms with Crippen molar-refractivity contribution in [2.24, 2.45) is 0 Å². The van der Waals surface area contributed by atoms with Gasteiger partial charge in [0.2, 0.25) is 0 Å². The lowest BCUT2D eigenvalue weighted by atomic mass is 10.3. The van der Waals surface area contributed by atoms with Gasteiger partial charge in [-0.1, -0.05) is 6.92 Å². The molecule has 0 bridgehead atoms. The second kappa shape index (κ2) is 5.29. The third kappa shape index (κ3) is 2.44. The SMILES string of the molecule is CCSCCc1nc(C)n(CC)c1N. The van der Waals surface area contributed by atoms with E-state index in [-0.39, 0.29) is 0 Å². The topological polar surface area (TPSA) is 43.8 Å². The second-order valence-corrected chi connectivity index (χ2v) is 4.58. The van der Waals surface area contributed by atoms with E-state index in [4.69, 9.17) is 5.73 Å². The van der Waals surface area contributed by atoms with Crippen LogP contribution in [0.15, 0.2) is 0 Å². The molecule has 0 unspecified atom stereocenters. The van der Waals surface area contributed by atoms with Gasteiger partial charge in [0, 0.05) is 13.0 Å². The maximum absolute atomic E-state index is 5.99. The van der Waals surface area contributed by atoms with E-state index in [1.165, 1.54) is 0 Å². The predicted octanol–water partition coefficient (Wildman–Crippen LogP) is 2.09. The molecule has 4 heteroatoms. The number of nitrogens with zero attached hydrogens (tertiary/aromatic N) is 2. The number of aromatic nitrogens is 2. The van der Waals surface area contributed by atoms with Crippen LogP contribution in [-0.4, -0.2) is 21.1 Å². The number of hydrogen-bond acceptors (Lipinski definition) is 3. The lowest BCUT2D eigenvalue weighted by Crippen LogP contribution is -2.03. The summed E-state index contributed by atoms with van der Waals surface area (Å²) in [6.45, 7) is 7.18. The summed E-state index contributed by atoms with van der Waals surface area (Å²) in [5.41, 5.74) is 7.05. The number of hydrogen-bond donors (Lipinski definition) is 1. The average molecular weight is 213 g/mol. The Morgan fingerprint density at radius 1 is 1.43 bits per heavy atom. The smallest absolute Gasteiger partial charge is 0.126 e. The summed E-state index contributed by atoms with van der Waals surface area (Å²) in [7, 11) is 0. The molecule has 1 rings (SSSR count). The first-order chi connectivity index (χ1) is 6.70. The van der Waals surface area contributed by atoms with Gasteiger partial charge >= 0.3 is 0 Å². The molecule has 14 heavy (non-hydrogen) atoms. The minimum atomic E-state index is 0.849. The molecule has 0 aromatic carbocycles. The quantitative estimate of drug-likeness (QED) is 0.762. The van der Waals surface area contributed by atoms with Crippen molar-refractivity contribution in [3.63, 3.8) is 0 Å². The Morgan fingerprint density at radius 2 is 2.14 bits per heavy atom. The molecule has 1 heterocycles. The van der Waals surface area contributed by atoms with Crippen LogP contribution in [-0.2, 0) is 13.0 Å². The van der Waals surface area contributed by atoms with E-state index in [1.807, 2.05) is 18.7 Å². The molecule has 0 aliphatic rings. The van der Waals surface area contributed by atoms with Crippen LogP contribution >= 0.6 is 11.8 Å². The summed E-state index contributed by atoms with van der Waals surface area (Å²) in [6, 6.07) is 0. The van der Waals surface area contributed by atoms with Crippen molar-refractivity contribution >= 4 is 17.6 Å². The Morgan fingerprint density at radius 3 is 2.64 bits per heavy atom. The van der Waals surface area contributed by atoms with Crippen molar-refractivity contribution in [1.29, 1.82) is 0 Å². The van der Waals surface area contributed by atoms with Crippen LogP contribution in [0.4, 0.5) is 5.82 Å². The van der Waals surface area contributed by atoms with Crippen LogP contribution in [0.3, 0.4) is 0 Å². The first kappa shape index (κ1) is 11.4. The Balaban J connectivity index is 2.68. The fourth-order valence-corrected chi connectivity index (χ4v) is 2.17. The molecule has 0 fully saturated rings. The summed E-state index contributed by atoms with van der Waals surface area (Å²) < 4.78 is 2.06. The highest BCUT2D eigenvalue weighted by molar-refractivity contribution is 7.99. The van der Waals surface area contributed by atoms with Gasteiger partial charge in [-0.05, 0) is 25.4 Å². The normalized spacial score (nSPS) is 10.8. The number of anilines is 1. The van der Waals surface area contributed by atoms with Crippen LogP contribution in [0.1, 0.15) is 25.4 Å². The number of rotatable bonds is 5. The van der Waals surface area contributed by atoms with E-state index >= 15 is 0 Å². The molecule has 3 nitrogen and oxygen atoms in total. The van der Waals surface area contributed by atoms with Crippen molar-refractivity contribution < 1.29 is 0 Å². The molecule has 1 aromatic rings. The molecule has 0 amide bonds. The van der Waals surface area contributed by atoms with E-state index in [0.717, 1.165) is 41.8 Å². The third-order valence-corrected chi connectivity index (χ3v) is 3.18. The molecule has 1 aromatic heterocycles. The van der Waals surface area contributed by atoms with Gasteiger partial charge in [0.1, 0.15) is 11.6 Å². The lowest BCUT2D eigenvalue weighted by Gasteiger charge is -2.02. The Labute approximate surface area is 90.1 Å². The van der Waals surface area contributed by atoms with Gasteiger partial charge in [0.15, 0.2) is 0 Å². The van der Waals surface area contributed by atoms with E-state index in [1.54, 1.807) is 0 Å². The van der Waals surface area contributed by atoms with Gasteiger partial charge in [0.05, 0.1) is 5.69 Å². The van der Waals surface area contributed by atoms with Crippen molar-refractivity contribution in [3.8, 4) is 0 Å². The average Bonchev–Trinajstić information content (AvgIpc) is 2.42. The molecule has 0 saturated carbocycles. The van der Waals surface area contributed by atoms with Gasteiger partial charge in [-0.25, -0.2) is 4.98 Å². The van der Waals surface area contributed by atoms with Crippen LogP contribution < -0.4 is 5.73 Å². The molecular formula is C10H19N3S. The molecule has 0 aliphatic carbocycles. The van der Waals surface area contributed by atoms with Gasteiger partial charge in [-0.2, -0.15) is 11.8 Å². The molecule has 0 atom stereocenters. The van der Waals surface area contributed by atoms with E-state index in [2.05, 4.69) is 23.4 Å². The maximum atomic E-state index is 5.99. The first-order valence-electron chi connectivity index (χ1n) is 5.09. The number of imidazole rings is 1. The number of aryl methyl sites for hydroxylation is 2. The van der Waals surface area contributed by atoms with Crippen molar-refractivity contribution in [3.05, 3.63) is 11.5 Å². The van der Waals surface area contributed by atoms with E-state index in [9.17, 15) is 0 Å². The highest BCUT2D eigenvalue weighted by Gasteiger charge is 2.09.